The molecule has 0 unspecified atom stereocenters. The van der Waals surface area contributed by atoms with Crippen molar-refractivity contribution in [2.45, 2.75) is 0 Å². The average Bonchev–Trinajstić information content (AvgIpc) is 2.76. The zero-order chi connectivity index (χ0) is 14.0. The van der Waals surface area contributed by atoms with Crippen LogP contribution in [0.5, 0.6) is 0 Å². The predicted molar refractivity (Wildman–Crippen MR) is 73.7 cm³/mol. The summed E-state index contributed by atoms with van der Waals surface area (Å²) in [5, 5.41) is 8.87. The van der Waals surface area contributed by atoms with Gasteiger partial charge in [-0.05, 0) is 24.3 Å². The molecule has 5 nitrogen and oxygen atoms in total. The molecule has 1 amide bonds. The van der Waals surface area contributed by atoms with E-state index in [2.05, 4.69) is 6.07 Å². The lowest BCUT2D eigenvalue weighted by Crippen LogP contribution is -2.27. The largest absolute Gasteiger partial charge is 0.397 e. The molecule has 0 saturated heterocycles. The second-order valence-electron chi connectivity index (χ2n) is 4.30. The van der Waals surface area contributed by atoms with Crippen molar-refractivity contribution in [1.82, 2.24) is 4.57 Å². The van der Waals surface area contributed by atoms with E-state index in [4.69, 9.17) is 11.0 Å². The SMILES string of the molecule is CN(C(=O)c1cc(N)cn1C)c1cccc(C#N)c1. The van der Waals surface area contributed by atoms with Gasteiger partial charge in [0.15, 0.2) is 0 Å². The lowest BCUT2D eigenvalue weighted by atomic mass is 10.2. The van der Waals surface area contributed by atoms with E-state index in [0.29, 0.717) is 22.6 Å². The number of nitriles is 1. The molecule has 2 N–H and O–H groups in total. The van der Waals surface area contributed by atoms with E-state index < -0.39 is 0 Å². The number of hydrogen-bond acceptors (Lipinski definition) is 3. The summed E-state index contributed by atoms with van der Waals surface area (Å²) in [4.78, 5) is 13.8. The van der Waals surface area contributed by atoms with E-state index in [0.717, 1.165) is 0 Å². The van der Waals surface area contributed by atoms with E-state index in [1.807, 2.05) is 0 Å². The Morgan fingerprint density at radius 1 is 1.42 bits per heavy atom. The Labute approximate surface area is 111 Å². The first kappa shape index (κ1) is 12.7. The molecule has 0 fully saturated rings. The minimum Gasteiger partial charge on any atom is -0.397 e. The third-order valence-corrected chi connectivity index (χ3v) is 2.91. The quantitative estimate of drug-likeness (QED) is 0.887. The molecule has 0 aliphatic rings. The van der Waals surface area contributed by atoms with Gasteiger partial charge in [0.25, 0.3) is 5.91 Å². The number of aryl methyl sites for hydroxylation is 1. The van der Waals surface area contributed by atoms with Crippen LogP contribution >= 0.6 is 0 Å². The van der Waals surface area contributed by atoms with Gasteiger partial charge >= 0.3 is 0 Å². The molecule has 0 aliphatic heterocycles. The fourth-order valence-corrected chi connectivity index (χ4v) is 1.88. The second-order valence-corrected chi connectivity index (χ2v) is 4.30. The molecule has 96 valence electrons. The zero-order valence-electron chi connectivity index (χ0n) is 10.8. The highest BCUT2D eigenvalue weighted by Gasteiger charge is 2.17. The summed E-state index contributed by atoms with van der Waals surface area (Å²) in [6.45, 7) is 0. The number of nitrogens with two attached hydrogens (primary N) is 1. The molecular weight excluding hydrogens is 240 g/mol. The van der Waals surface area contributed by atoms with Crippen LogP contribution in [0.25, 0.3) is 0 Å². The van der Waals surface area contributed by atoms with Crippen molar-refractivity contribution in [3.63, 3.8) is 0 Å². The van der Waals surface area contributed by atoms with Crippen molar-refractivity contribution in [1.29, 1.82) is 5.26 Å². The summed E-state index contributed by atoms with van der Waals surface area (Å²) in [6.07, 6.45) is 1.69. The fourth-order valence-electron chi connectivity index (χ4n) is 1.88. The summed E-state index contributed by atoms with van der Waals surface area (Å²) in [5.74, 6) is -0.172. The predicted octanol–water partition coefficient (Wildman–Crippen LogP) is 1.76. The maximum absolute atomic E-state index is 12.3. The van der Waals surface area contributed by atoms with Gasteiger partial charge in [-0.1, -0.05) is 6.07 Å². The Hall–Kier alpha value is -2.74. The van der Waals surface area contributed by atoms with Crippen molar-refractivity contribution in [2.75, 3.05) is 17.7 Å². The van der Waals surface area contributed by atoms with Gasteiger partial charge in [0, 0.05) is 26.0 Å². The van der Waals surface area contributed by atoms with Gasteiger partial charge in [-0.25, -0.2) is 0 Å². The maximum atomic E-state index is 12.3. The van der Waals surface area contributed by atoms with E-state index >= 15 is 0 Å². The van der Waals surface area contributed by atoms with Crippen molar-refractivity contribution in [3.8, 4) is 6.07 Å². The highest BCUT2D eigenvalue weighted by atomic mass is 16.2. The Balaban J connectivity index is 2.33. The molecular formula is C14H14N4O. The first-order valence-corrected chi connectivity index (χ1v) is 5.73. The van der Waals surface area contributed by atoms with Crippen LogP contribution in [0.3, 0.4) is 0 Å². The van der Waals surface area contributed by atoms with Crippen LogP contribution in [-0.2, 0) is 7.05 Å². The average molecular weight is 254 g/mol. The normalized spacial score (nSPS) is 9.95. The van der Waals surface area contributed by atoms with E-state index in [1.54, 1.807) is 55.2 Å². The summed E-state index contributed by atoms with van der Waals surface area (Å²) in [7, 11) is 3.44. The van der Waals surface area contributed by atoms with Crippen molar-refractivity contribution >= 4 is 17.3 Å². The smallest absolute Gasteiger partial charge is 0.274 e. The summed E-state index contributed by atoms with van der Waals surface area (Å²) in [5.41, 5.74) is 7.90. The van der Waals surface area contributed by atoms with Crippen LogP contribution in [0.1, 0.15) is 16.1 Å². The fraction of sp³-hybridized carbons (Fsp3) is 0.143. The monoisotopic (exact) mass is 254 g/mol. The van der Waals surface area contributed by atoms with Crippen LogP contribution in [0.4, 0.5) is 11.4 Å². The molecule has 1 aromatic heterocycles. The molecule has 0 radical (unpaired) electrons. The van der Waals surface area contributed by atoms with Gasteiger partial charge < -0.3 is 15.2 Å². The number of carbonyl (C=O) groups is 1. The maximum Gasteiger partial charge on any atom is 0.274 e. The molecule has 0 atom stereocenters. The lowest BCUT2D eigenvalue weighted by Gasteiger charge is -2.17. The van der Waals surface area contributed by atoms with Gasteiger partial charge in [0.1, 0.15) is 5.69 Å². The van der Waals surface area contributed by atoms with Gasteiger partial charge in [0.05, 0.1) is 17.3 Å². The first-order chi connectivity index (χ1) is 9.02. The number of aromatic nitrogens is 1. The van der Waals surface area contributed by atoms with E-state index in [1.165, 1.54) is 4.90 Å². The zero-order valence-corrected chi connectivity index (χ0v) is 10.8. The van der Waals surface area contributed by atoms with Crippen molar-refractivity contribution in [2.24, 2.45) is 7.05 Å². The van der Waals surface area contributed by atoms with Gasteiger partial charge in [-0.2, -0.15) is 5.26 Å². The number of benzene rings is 1. The molecule has 19 heavy (non-hydrogen) atoms. The van der Waals surface area contributed by atoms with Crippen molar-refractivity contribution in [3.05, 3.63) is 47.8 Å². The van der Waals surface area contributed by atoms with Crippen LogP contribution in [0.2, 0.25) is 0 Å². The minimum absolute atomic E-state index is 0.172. The molecule has 0 bridgehead atoms. The summed E-state index contributed by atoms with van der Waals surface area (Å²) < 4.78 is 1.68. The number of anilines is 2. The number of nitrogens with zero attached hydrogens (tertiary/aromatic N) is 3. The molecule has 0 aliphatic carbocycles. The topological polar surface area (TPSA) is 75.0 Å². The van der Waals surface area contributed by atoms with Crippen LogP contribution in [-0.4, -0.2) is 17.5 Å². The Morgan fingerprint density at radius 3 is 2.74 bits per heavy atom. The molecule has 5 heteroatoms. The van der Waals surface area contributed by atoms with Gasteiger partial charge in [0.2, 0.25) is 0 Å². The molecule has 2 rings (SSSR count). The summed E-state index contributed by atoms with van der Waals surface area (Å²) in [6, 6.07) is 10.6. The number of carbonyl (C=O) groups excluding carboxylic acids is 1. The van der Waals surface area contributed by atoms with E-state index in [-0.39, 0.29) is 5.91 Å². The Bertz CT molecular complexity index is 666. The number of hydrogen-bond donors (Lipinski definition) is 1. The highest BCUT2D eigenvalue weighted by Crippen LogP contribution is 2.18. The molecule has 0 spiro atoms. The minimum atomic E-state index is -0.172. The van der Waals surface area contributed by atoms with Gasteiger partial charge in [-0.3, -0.25) is 4.79 Å². The Kier molecular flexibility index (Phi) is 3.25. The van der Waals surface area contributed by atoms with Crippen LogP contribution in [0, 0.1) is 11.3 Å². The third kappa shape index (κ3) is 2.43. The van der Waals surface area contributed by atoms with Crippen LogP contribution in [0.15, 0.2) is 36.5 Å². The van der Waals surface area contributed by atoms with E-state index in [9.17, 15) is 4.79 Å². The van der Waals surface area contributed by atoms with Crippen LogP contribution < -0.4 is 10.6 Å². The highest BCUT2D eigenvalue weighted by molar-refractivity contribution is 6.05. The lowest BCUT2D eigenvalue weighted by molar-refractivity contribution is 0.0985. The number of rotatable bonds is 2. The first-order valence-electron chi connectivity index (χ1n) is 5.73. The number of amides is 1. The second kappa shape index (κ2) is 4.86. The molecule has 1 heterocycles. The van der Waals surface area contributed by atoms with Crippen molar-refractivity contribution < 1.29 is 4.79 Å². The molecule has 0 saturated carbocycles. The molecule has 2 aromatic rings. The molecule has 1 aromatic carbocycles. The van der Waals surface area contributed by atoms with Gasteiger partial charge in [-0.15, -0.1) is 0 Å². The third-order valence-electron chi connectivity index (χ3n) is 2.91. The number of nitrogen functional groups attached to an aromatic ring is 1. The summed E-state index contributed by atoms with van der Waals surface area (Å²) >= 11 is 0. The standard InChI is InChI=1S/C14H14N4O/c1-17-9-11(16)7-13(17)14(19)18(2)12-5-3-4-10(6-12)8-15/h3-7,9H,16H2,1-2H3. The Morgan fingerprint density at radius 2 is 2.16 bits per heavy atom.